The number of primary amides is 1. The van der Waals surface area contributed by atoms with E-state index in [-0.39, 0.29) is 35.9 Å². The van der Waals surface area contributed by atoms with Crippen molar-refractivity contribution in [3.63, 3.8) is 0 Å². The highest BCUT2D eigenvalue weighted by Crippen LogP contribution is 2.40. The quantitative estimate of drug-likeness (QED) is 0.450. The first-order valence-corrected chi connectivity index (χ1v) is 13.6. The van der Waals surface area contributed by atoms with Crippen molar-refractivity contribution in [3.8, 4) is 17.2 Å². The normalized spacial score (nSPS) is 16.8. The van der Waals surface area contributed by atoms with E-state index < -0.39 is 40.7 Å². The number of amides is 1. The molecule has 12 heteroatoms. The number of benzene rings is 2. The second-order valence-electron chi connectivity index (χ2n) is 9.49. The van der Waals surface area contributed by atoms with Gasteiger partial charge in [0, 0.05) is 13.1 Å². The molecule has 2 aromatic carbocycles. The molecule has 1 saturated heterocycles. The number of carbonyl (C=O) groups is 1. The van der Waals surface area contributed by atoms with Crippen LogP contribution >= 0.6 is 0 Å². The number of hydrogen-bond acceptors (Lipinski definition) is 6. The van der Waals surface area contributed by atoms with E-state index in [1.54, 1.807) is 32.0 Å². The summed E-state index contributed by atoms with van der Waals surface area (Å²) in [6.45, 7) is 4.07. The van der Waals surface area contributed by atoms with Gasteiger partial charge < -0.3 is 10.5 Å². The summed E-state index contributed by atoms with van der Waals surface area (Å²) < 4.78 is 75.1. The number of rotatable bonds is 10. The molecule has 2 N–H and O–H groups in total. The standard InChI is InChI=1S/C26H31F3N4O4S/c1-18(2)17-23(25(31)34)33(12-11-30)24(26(27,28)29)21-5-3-19(4-6-21)20-7-9-22(10-8-20)38(35,36)32-13-15-37-16-14-32/h3-10,18,23-24H,12-17H2,1-2H3,(H2,31,34)/t23-,24-/m0/s1. The van der Waals surface area contributed by atoms with E-state index in [4.69, 9.17) is 10.5 Å². The Morgan fingerprint density at radius 2 is 1.61 bits per heavy atom. The lowest BCUT2D eigenvalue weighted by Crippen LogP contribution is -2.51. The molecule has 1 aliphatic heterocycles. The molecular formula is C26H31F3N4O4S. The van der Waals surface area contributed by atoms with Crippen molar-refractivity contribution in [2.24, 2.45) is 11.7 Å². The molecule has 0 bridgehead atoms. The molecule has 0 unspecified atom stereocenters. The van der Waals surface area contributed by atoms with Gasteiger partial charge in [0.25, 0.3) is 0 Å². The lowest BCUT2D eigenvalue weighted by Gasteiger charge is -2.37. The van der Waals surface area contributed by atoms with Crippen LogP contribution in [0.25, 0.3) is 11.1 Å². The van der Waals surface area contributed by atoms with Crippen LogP contribution in [0.2, 0.25) is 0 Å². The summed E-state index contributed by atoms with van der Waals surface area (Å²) in [4.78, 5) is 13.0. The first kappa shape index (κ1) is 29.6. The van der Waals surface area contributed by atoms with Gasteiger partial charge in [-0.1, -0.05) is 50.2 Å². The molecule has 0 aromatic heterocycles. The van der Waals surface area contributed by atoms with Crippen LogP contribution in [0.1, 0.15) is 31.9 Å². The number of morpholine rings is 1. The van der Waals surface area contributed by atoms with Gasteiger partial charge in [-0.05, 0) is 41.2 Å². The van der Waals surface area contributed by atoms with Crippen LogP contribution in [0.5, 0.6) is 0 Å². The maximum atomic E-state index is 14.3. The Hall–Kier alpha value is -2.98. The number of nitrogens with zero attached hydrogens (tertiary/aromatic N) is 3. The molecule has 206 valence electrons. The van der Waals surface area contributed by atoms with E-state index in [2.05, 4.69) is 0 Å². The summed E-state index contributed by atoms with van der Waals surface area (Å²) in [5.74, 6) is -1.05. The van der Waals surface area contributed by atoms with Gasteiger partial charge in [-0.3, -0.25) is 9.69 Å². The summed E-state index contributed by atoms with van der Waals surface area (Å²) in [5.41, 5.74) is 6.51. The van der Waals surface area contributed by atoms with Gasteiger partial charge in [0.05, 0.1) is 36.8 Å². The van der Waals surface area contributed by atoms with Crippen molar-refractivity contribution in [1.29, 1.82) is 5.26 Å². The number of ether oxygens (including phenoxy) is 1. The second-order valence-corrected chi connectivity index (χ2v) is 11.4. The SMILES string of the molecule is CC(C)C[C@@H](C(N)=O)N(CC#N)[C@@H](c1ccc(-c2ccc(S(=O)(=O)N3CCOCC3)cc2)cc1)C(F)(F)F. The Labute approximate surface area is 220 Å². The zero-order valence-electron chi connectivity index (χ0n) is 21.2. The average molecular weight is 553 g/mol. The molecule has 2 atom stereocenters. The van der Waals surface area contributed by atoms with Crippen LogP contribution in [0.4, 0.5) is 13.2 Å². The Morgan fingerprint density at radius 1 is 1.08 bits per heavy atom. The monoisotopic (exact) mass is 552 g/mol. The number of alkyl halides is 3. The minimum absolute atomic E-state index is 0.0708. The van der Waals surface area contributed by atoms with E-state index in [9.17, 15) is 31.6 Å². The highest BCUT2D eigenvalue weighted by molar-refractivity contribution is 7.89. The fraction of sp³-hybridized carbons (Fsp3) is 0.462. The maximum absolute atomic E-state index is 14.3. The van der Waals surface area contributed by atoms with Crippen molar-refractivity contribution in [1.82, 2.24) is 9.21 Å². The molecule has 0 saturated carbocycles. The van der Waals surface area contributed by atoms with Crippen LogP contribution in [-0.4, -0.2) is 68.6 Å². The average Bonchev–Trinajstić information content (AvgIpc) is 2.87. The van der Waals surface area contributed by atoms with Gasteiger partial charge in [-0.25, -0.2) is 8.42 Å². The van der Waals surface area contributed by atoms with Gasteiger partial charge in [0.2, 0.25) is 15.9 Å². The van der Waals surface area contributed by atoms with E-state index in [0.29, 0.717) is 24.3 Å². The highest BCUT2D eigenvalue weighted by atomic mass is 32.2. The molecule has 1 fully saturated rings. The van der Waals surface area contributed by atoms with E-state index in [0.717, 1.165) is 4.90 Å². The van der Waals surface area contributed by atoms with Crippen molar-refractivity contribution >= 4 is 15.9 Å². The zero-order chi connectivity index (χ0) is 28.1. The van der Waals surface area contributed by atoms with Crippen molar-refractivity contribution in [3.05, 3.63) is 54.1 Å². The summed E-state index contributed by atoms with van der Waals surface area (Å²) in [6, 6.07) is 9.93. The predicted molar refractivity (Wildman–Crippen MR) is 135 cm³/mol. The molecule has 0 aliphatic carbocycles. The minimum Gasteiger partial charge on any atom is -0.379 e. The Balaban J connectivity index is 1.90. The lowest BCUT2D eigenvalue weighted by molar-refractivity contribution is -0.192. The third-order valence-corrected chi connectivity index (χ3v) is 8.25. The number of hydrogen-bond donors (Lipinski definition) is 1. The largest absolute Gasteiger partial charge is 0.408 e. The predicted octanol–water partition coefficient (Wildman–Crippen LogP) is 3.70. The lowest BCUT2D eigenvalue weighted by atomic mass is 9.95. The highest BCUT2D eigenvalue weighted by Gasteiger charge is 2.48. The number of nitrogens with two attached hydrogens (primary N) is 1. The van der Waals surface area contributed by atoms with Crippen LogP contribution in [-0.2, 0) is 19.6 Å². The molecule has 1 aliphatic rings. The fourth-order valence-corrected chi connectivity index (χ4v) is 5.91. The summed E-state index contributed by atoms with van der Waals surface area (Å²) in [5, 5.41) is 9.26. The molecule has 0 spiro atoms. The number of nitriles is 1. The molecule has 1 amide bonds. The first-order valence-electron chi connectivity index (χ1n) is 12.1. The first-order chi connectivity index (χ1) is 17.9. The topological polar surface area (TPSA) is 117 Å². The summed E-state index contributed by atoms with van der Waals surface area (Å²) in [6.07, 6.45) is -4.71. The van der Waals surface area contributed by atoms with Crippen LogP contribution < -0.4 is 5.73 Å². The minimum atomic E-state index is -4.78. The molecule has 0 radical (unpaired) electrons. The smallest absolute Gasteiger partial charge is 0.379 e. The van der Waals surface area contributed by atoms with Gasteiger partial charge in [-0.15, -0.1) is 0 Å². The van der Waals surface area contributed by atoms with Gasteiger partial charge in [0.1, 0.15) is 6.04 Å². The van der Waals surface area contributed by atoms with E-state index >= 15 is 0 Å². The molecule has 38 heavy (non-hydrogen) atoms. The fourth-order valence-electron chi connectivity index (χ4n) is 4.51. The molecule has 3 rings (SSSR count). The van der Waals surface area contributed by atoms with Crippen molar-refractivity contribution in [2.45, 2.75) is 43.4 Å². The van der Waals surface area contributed by atoms with Crippen molar-refractivity contribution in [2.75, 3.05) is 32.8 Å². The number of sulfonamides is 1. The Kier molecular flexibility index (Phi) is 9.54. The second kappa shape index (κ2) is 12.3. The van der Waals surface area contributed by atoms with Crippen molar-refractivity contribution < 1.29 is 31.1 Å². The Bertz CT molecular complexity index is 1240. The van der Waals surface area contributed by atoms with E-state index in [1.807, 2.05) is 0 Å². The summed E-state index contributed by atoms with van der Waals surface area (Å²) >= 11 is 0. The summed E-state index contributed by atoms with van der Waals surface area (Å²) in [7, 11) is -3.68. The van der Waals surface area contributed by atoms with Gasteiger partial charge >= 0.3 is 6.18 Å². The molecular weight excluding hydrogens is 521 g/mol. The third kappa shape index (κ3) is 6.91. The van der Waals surface area contributed by atoms with Crippen LogP contribution in [0.3, 0.4) is 0 Å². The molecule has 8 nitrogen and oxygen atoms in total. The number of halogens is 3. The van der Waals surface area contributed by atoms with E-state index in [1.165, 1.54) is 40.7 Å². The van der Waals surface area contributed by atoms with Crippen LogP contribution in [0, 0.1) is 17.2 Å². The zero-order valence-corrected chi connectivity index (χ0v) is 22.0. The molecule has 1 heterocycles. The maximum Gasteiger partial charge on any atom is 0.408 e. The van der Waals surface area contributed by atoms with Gasteiger partial charge in [0.15, 0.2) is 0 Å². The number of carbonyl (C=O) groups excluding carboxylic acids is 1. The van der Waals surface area contributed by atoms with Gasteiger partial charge in [-0.2, -0.15) is 22.7 Å². The van der Waals surface area contributed by atoms with Crippen LogP contribution in [0.15, 0.2) is 53.4 Å². The Morgan fingerprint density at radius 3 is 2.05 bits per heavy atom. The molecule has 2 aromatic rings. The third-order valence-electron chi connectivity index (χ3n) is 6.34.